The zero-order valence-electron chi connectivity index (χ0n) is 13.5. The van der Waals surface area contributed by atoms with Crippen LogP contribution in [-0.2, 0) is 4.74 Å². The summed E-state index contributed by atoms with van der Waals surface area (Å²) < 4.78 is 7.43. The lowest BCUT2D eigenvalue weighted by Crippen LogP contribution is -2.37. The smallest absolute Gasteiger partial charge is 0.326 e. The number of likely N-dealkylation sites (tertiary alicyclic amines) is 1. The number of para-hydroxylation sites is 2. The lowest BCUT2D eigenvalue weighted by molar-refractivity contribution is 0.161. The molecule has 2 aliphatic heterocycles. The first-order chi connectivity index (χ1) is 11.3. The quantitative estimate of drug-likeness (QED) is 0.942. The molecule has 3 heterocycles. The number of hydrogen-bond acceptors (Lipinski definition) is 3. The minimum Gasteiger partial charge on any atom is -0.381 e. The Bertz CT molecular complexity index is 706. The van der Waals surface area contributed by atoms with E-state index in [9.17, 15) is 4.79 Å². The molecule has 23 heavy (non-hydrogen) atoms. The average molecular weight is 315 g/mol. The first kappa shape index (κ1) is 15.0. The van der Waals surface area contributed by atoms with E-state index in [0.717, 1.165) is 56.1 Å². The number of ether oxygens (including phenoxy) is 1. The Morgan fingerprint density at radius 3 is 2.78 bits per heavy atom. The van der Waals surface area contributed by atoms with Crippen molar-refractivity contribution in [1.82, 2.24) is 14.5 Å². The van der Waals surface area contributed by atoms with Crippen molar-refractivity contribution in [1.29, 1.82) is 0 Å². The predicted molar refractivity (Wildman–Crippen MR) is 90.8 cm³/mol. The second-order valence-electron chi connectivity index (χ2n) is 6.91. The zero-order chi connectivity index (χ0) is 15.6. The summed E-state index contributed by atoms with van der Waals surface area (Å²) in [7, 11) is 0. The fourth-order valence-electron chi connectivity index (χ4n) is 4.01. The van der Waals surface area contributed by atoms with E-state index in [1.165, 1.54) is 19.4 Å². The minimum absolute atomic E-state index is 0.0350. The first-order valence-electron chi connectivity index (χ1n) is 8.80. The molecule has 1 atom stereocenters. The Labute approximate surface area is 136 Å². The van der Waals surface area contributed by atoms with Crippen molar-refractivity contribution < 1.29 is 4.74 Å². The summed E-state index contributed by atoms with van der Waals surface area (Å²) in [6, 6.07) is 8.32. The molecule has 2 aromatic rings. The van der Waals surface area contributed by atoms with Gasteiger partial charge in [0.05, 0.1) is 11.0 Å². The lowest BCUT2D eigenvalue weighted by atomic mass is 10.0. The van der Waals surface area contributed by atoms with E-state index in [4.69, 9.17) is 4.74 Å². The van der Waals surface area contributed by atoms with Crippen molar-refractivity contribution in [3.8, 4) is 0 Å². The van der Waals surface area contributed by atoms with E-state index in [1.807, 2.05) is 28.8 Å². The molecule has 1 aromatic carbocycles. The Kier molecular flexibility index (Phi) is 4.23. The highest BCUT2D eigenvalue weighted by Crippen LogP contribution is 2.25. The number of hydrogen-bond donors (Lipinski definition) is 1. The van der Waals surface area contributed by atoms with Crippen LogP contribution in [0.4, 0.5) is 0 Å². The van der Waals surface area contributed by atoms with Crippen LogP contribution in [0.25, 0.3) is 11.0 Å². The van der Waals surface area contributed by atoms with Crippen molar-refractivity contribution in [2.75, 3.05) is 32.8 Å². The number of aromatic nitrogens is 2. The van der Waals surface area contributed by atoms with Crippen LogP contribution in [0.3, 0.4) is 0 Å². The van der Waals surface area contributed by atoms with Gasteiger partial charge in [0.2, 0.25) is 0 Å². The van der Waals surface area contributed by atoms with Crippen molar-refractivity contribution in [2.45, 2.75) is 31.7 Å². The van der Waals surface area contributed by atoms with Crippen LogP contribution in [0.1, 0.15) is 31.7 Å². The third-order valence-electron chi connectivity index (χ3n) is 5.42. The summed E-state index contributed by atoms with van der Waals surface area (Å²) in [6.45, 7) is 5.23. The topological polar surface area (TPSA) is 50.3 Å². The van der Waals surface area contributed by atoms with Gasteiger partial charge in [-0.25, -0.2) is 4.79 Å². The maximum absolute atomic E-state index is 12.3. The molecule has 4 rings (SSSR count). The van der Waals surface area contributed by atoms with Crippen LogP contribution in [0.5, 0.6) is 0 Å². The summed E-state index contributed by atoms with van der Waals surface area (Å²) in [5.41, 5.74) is 2.02. The number of imidazole rings is 1. The van der Waals surface area contributed by atoms with Crippen molar-refractivity contribution >= 4 is 11.0 Å². The molecule has 1 aromatic heterocycles. The second kappa shape index (κ2) is 6.49. The highest BCUT2D eigenvalue weighted by atomic mass is 16.5. The van der Waals surface area contributed by atoms with Gasteiger partial charge in [0.25, 0.3) is 0 Å². The van der Waals surface area contributed by atoms with E-state index in [0.29, 0.717) is 6.04 Å². The van der Waals surface area contributed by atoms with Crippen molar-refractivity contribution in [3.63, 3.8) is 0 Å². The van der Waals surface area contributed by atoms with Crippen LogP contribution < -0.4 is 5.69 Å². The number of nitrogens with one attached hydrogen (secondary N) is 1. The van der Waals surface area contributed by atoms with E-state index < -0.39 is 0 Å². The van der Waals surface area contributed by atoms with E-state index >= 15 is 0 Å². The number of rotatable bonds is 4. The maximum Gasteiger partial charge on any atom is 0.326 e. The van der Waals surface area contributed by atoms with Crippen molar-refractivity contribution in [2.24, 2.45) is 5.92 Å². The van der Waals surface area contributed by atoms with Gasteiger partial charge in [-0.2, -0.15) is 0 Å². The van der Waals surface area contributed by atoms with Gasteiger partial charge in [-0.15, -0.1) is 0 Å². The van der Waals surface area contributed by atoms with Gasteiger partial charge in [-0.05, 0) is 50.3 Å². The number of nitrogens with zero attached hydrogens (tertiary/aromatic N) is 2. The molecule has 0 amide bonds. The fourth-order valence-corrected chi connectivity index (χ4v) is 4.01. The Balaban J connectivity index is 1.39. The molecule has 0 spiro atoms. The summed E-state index contributed by atoms with van der Waals surface area (Å²) in [4.78, 5) is 17.8. The van der Waals surface area contributed by atoms with Crippen LogP contribution in [0.2, 0.25) is 0 Å². The van der Waals surface area contributed by atoms with Crippen LogP contribution in [-0.4, -0.2) is 47.3 Å². The molecule has 5 nitrogen and oxygen atoms in total. The van der Waals surface area contributed by atoms with E-state index in [2.05, 4.69) is 9.88 Å². The summed E-state index contributed by atoms with van der Waals surface area (Å²) >= 11 is 0. The fraction of sp³-hybridized carbons (Fsp3) is 0.611. The minimum atomic E-state index is 0.0350. The van der Waals surface area contributed by atoms with Gasteiger partial charge in [-0.3, -0.25) is 4.57 Å². The highest BCUT2D eigenvalue weighted by molar-refractivity contribution is 5.75. The standard InChI is InChI=1S/C18H25N3O2/c22-18-19-16-3-1-2-4-17(16)21(18)15-6-10-20(11-7-15)9-5-14-8-12-23-13-14/h1-4,14-15H,5-13H2,(H,19,22). The number of piperidine rings is 1. The Hall–Kier alpha value is -1.59. The van der Waals surface area contributed by atoms with E-state index in [1.54, 1.807) is 0 Å². The van der Waals surface area contributed by atoms with Gasteiger partial charge in [0.15, 0.2) is 0 Å². The summed E-state index contributed by atoms with van der Waals surface area (Å²) in [5, 5.41) is 0. The van der Waals surface area contributed by atoms with Crippen LogP contribution in [0.15, 0.2) is 29.1 Å². The molecule has 1 N–H and O–H groups in total. The van der Waals surface area contributed by atoms with E-state index in [-0.39, 0.29) is 5.69 Å². The zero-order valence-corrected chi connectivity index (χ0v) is 13.5. The van der Waals surface area contributed by atoms with Gasteiger partial charge in [0, 0.05) is 32.3 Å². The monoisotopic (exact) mass is 315 g/mol. The normalized spacial score (nSPS) is 23.7. The summed E-state index contributed by atoms with van der Waals surface area (Å²) in [5.74, 6) is 0.754. The first-order valence-corrected chi connectivity index (χ1v) is 8.80. The lowest BCUT2D eigenvalue weighted by Gasteiger charge is -2.33. The van der Waals surface area contributed by atoms with Crippen molar-refractivity contribution in [3.05, 3.63) is 34.7 Å². The maximum atomic E-state index is 12.3. The molecular weight excluding hydrogens is 290 g/mol. The third-order valence-corrected chi connectivity index (χ3v) is 5.42. The largest absolute Gasteiger partial charge is 0.381 e. The number of H-pyrrole nitrogens is 1. The molecular formula is C18H25N3O2. The van der Waals surface area contributed by atoms with Crippen LogP contribution >= 0.6 is 0 Å². The van der Waals surface area contributed by atoms with Gasteiger partial charge in [-0.1, -0.05) is 12.1 Å². The average Bonchev–Trinajstić information content (AvgIpc) is 3.20. The Morgan fingerprint density at radius 1 is 1.17 bits per heavy atom. The molecule has 1 unspecified atom stereocenters. The molecule has 0 radical (unpaired) electrons. The molecule has 0 aliphatic carbocycles. The number of benzene rings is 1. The number of fused-ring (bicyclic) bond motifs is 1. The molecule has 2 fully saturated rings. The predicted octanol–water partition coefficient (Wildman–Crippen LogP) is 2.39. The molecule has 2 saturated heterocycles. The van der Waals surface area contributed by atoms with Crippen LogP contribution in [0, 0.1) is 5.92 Å². The highest BCUT2D eigenvalue weighted by Gasteiger charge is 2.24. The number of aromatic amines is 1. The van der Waals surface area contributed by atoms with Gasteiger partial charge < -0.3 is 14.6 Å². The molecule has 5 heteroatoms. The molecule has 124 valence electrons. The SMILES string of the molecule is O=c1[nH]c2ccccc2n1C1CCN(CCC2CCOC2)CC1. The summed E-state index contributed by atoms with van der Waals surface area (Å²) in [6.07, 6.45) is 4.59. The Morgan fingerprint density at radius 2 is 2.00 bits per heavy atom. The molecule has 2 aliphatic rings. The molecule has 0 saturated carbocycles. The van der Waals surface area contributed by atoms with Gasteiger partial charge >= 0.3 is 5.69 Å². The third kappa shape index (κ3) is 3.08. The van der Waals surface area contributed by atoms with Gasteiger partial charge in [0.1, 0.15) is 0 Å². The second-order valence-corrected chi connectivity index (χ2v) is 6.91. The molecule has 0 bridgehead atoms.